The molecular formula is C13H11FN2O2. The molecule has 0 atom stereocenters. The minimum atomic E-state index is -0.595. The lowest BCUT2D eigenvalue weighted by Gasteiger charge is -2.06. The van der Waals surface area contributed by atoms with Crippen LogP contribution in [0.15, 0.2) is 42.5 Å². The van der Waals surface area contributed by atoms with E-state index in [1.165, 1.54) is 19.1 Å². The van der Waals surface area contributed by atoms with Crippen molar-refractivity contribution in [3.05, 3.63) is 48.4 Å². The van der Waals surface area contributed by atoms with Crippen LogP contribution in [0.3, 0.4) is 0 Å². The number of nitrogens with one attached hydrogen (secondary N) is 1. The quantitative estimate of drug-likeness (QED) is 0.847. The van der Waals surface area contributed by atoms with Gasteiger partial charge in [-0.2, -0.15) is 9.37 Å². The summed E-state index contributed by atoms with van der Waals surface area (Å²) in [7, 11) is 0. The zero-order valence-corrected chi connectivity index (χ0v) is 9.68. The highest BCUT2D eigenvalue weighted by Gasteiger charge is 2.01. The number of hydrogen-bond donors (Lipinski definition) is 1. The van der Waals surface area contributed by atoms with Crippen LogP contribution in [0.4, 0.5) is 10.1 Å². The van der Waals surface area contributed by atoms with Crippen molar-refractivity contribution in [2.24, 2.45) is 0 Å². The van der Waals surface area contributed by atoms with Crippen LogP contribution >= 0.6 is 0 Å². The molecule has 5 heteroatoms. The van der Waals surface area contributed by atoms with Crippen molar-refractivity contribution in [1.82, 2.24) is 4.98 Å². The van der Waals surface area contributed by atoms with Gasteiger partial charge in [0.05, 0.1) is 0 Å². The number of rotatable bonds is 3. The fourth-order valence-electron chi connectivity index (χ4n) is 1.38. The lowest BCUT2D eigenvalue weighted by Crippen LogP contribution is -2.05. The lowest BCUT2D eigenvalue weighted by molar-refractivity contribution is -0.114. The summed E-state index contributed by atoms with van der Waals surface area (Å²) < 4.78 is 18.2. The van der Waals surface area contributed by atoms with E-state index < -0.39 is 5.95 Å². The number of nitrogens with zero attached hydrogens (tertiary/aromatic N) is 1. The molecule has 0 spiro atoms. The summed E-state index contributed by atoms with van der Waals surface area (Å²) >= 11 is 0. The number of aromatic nitrogens is 1. The van der Waals surface area contributed by atoms with E-state index in [4.69, 9.17) is 4.74 Å². The van der Waals surface area contributed by atoms with E-state index in [1.807, 2.05) is 0 Å². The molecular weight excluding hydrogens is 235 g/mol. The van der Waals surface area contributed by atoms with Gasteiger partial charge in [0.1, 0.15) is 5.75 Å². The Labute approximate surface area is 103 Å². The van der Waals surface area contributed by atoms with Crippen LogP contribution in [-0.4, -0.2) is 10.9 Å². The van der Waals surface area contributed by atoms with Crippen molar-refractivity contribution in [2.75, 3.05) is 5.32 Å². The first-order valence-corrected chi connectivity index (χ1v) is 5.31. The molecule has 0 aliphatic heterocycles. The molecule has 0 saturated carbocycles. The van der Waals surface area contributed by atoms with Crippen LogP contribution in [0.2, 0.25) is 0 Å². The minimum Gasteiger partial charge on any atom is -0.439 e. The molecule has 4 nitrogen and oxygen atoms in total. The molecule has 1 N–H and O–H groups in total. The molecule has 0 aliphatic carbocycles. The van der Waals surface area contributed by atoms with Gasteiger partial charge < -0.3 is 10.1 Å². The summed E-state index contributed by atoms with van der Waals surface area (Å²) in [5.41, 5.74) is 0.669. The maximum absolute atomic E-state index is 12.8. The number of halogens is 1. The SMILES string of the molecule is CC(=O)Nc1ccc(Oc2cccc(F)n2)cc1. The van der Waals surface area contributed by atoms with E-state index in [1.54, 1.807) is 30.3 Å². The highest BCUT2D eigenvalue weighted by atomic mass is 19.1. The number of pyridine rings is 1. The van der Waals surface area contributed by atoms with Crippen LogP contribution in [0, 0.1) is 5.95 Å². The van der Waals surface area contributed by atoms with Gasteiger partial charge in [-0.05, 0) is 30.3 Å². The fraction of sp³-hybridized carbons (Fsp3) is 0.0769. The molecule has 0 radical (unpaired) electrons. The Kier molecular flexibility index (Phi) is 3.52. The molecule has 2 aromatic rings. The predicted molar refractivity (Wildman–Crippen MR) is 65.0 cm³/mol. The summed E-state index contributed by atoms with van der Waals surface area (Å²) in [4.78, 5) is 14.4. The summed E-state index contributed by atoms with van der Waals surface area (Å²) in [6.45, 7) is 1.43. The second kappa shape index (κ2) is 5.27. The van der Waals surface area contributed by atoms with Gasteiger partial charge in [-0.3, -0.25) is 4.79 Å². The van der Waals surface area contributed by atoms with Gasteiger partial charge in [-0.25, -0.2) is 0 Å². The highest BCUT2D eigenvalue weighted by Crippen LogP contribution is 2.21. The van der Waals surface area contributed by atoms with E-state index in [0.717, 1.165) is 0 Å². The third-order valence-corrected chi connectivity index (χ3v) is 2.09. The van der Waals surface area contributed by atoms with Gasteiger partial charge >= 0.3 is 0 Å². The Bertz CT molecular complexity index is 555. The molecule has 0 unspecified atom stereocenters. The largest absolute Gasteiger partial charge is 0.439 e. The minimum absolute atomic E-state index is 0.143. The van der Waals surface area contributed by atoms with Crippen LogP contribution in [0.5, 0.6) is 11.6 Å². The van der Waals surface area contributed by atoms with Gasteiger partial charge in [0.2, 0.25) is 17.7 Å². The monoisotopic (exact) mass is 246 g/mol. The topological polar surface area (TPSA) is 51.2 Å². The summed E-state index contributed by atoms with van der Waals surface area (Å²) in [5.74, 6) is -0.0395. The molecule has 0 bridgehead atoms. The second-order valence-corrected chi connectivity index (χ2v) is 3.61. The first-order chi connectivity index (χ1) is 8.63. The Morgan fingerprint density at radius 2 is 1.94 bits per heavy atom. The van der Waals surface area contributed by atoms with Crippen LogP contribution in [-0.2, 0) is 4.79 Å². The number of ether oxygens (including phenoxy) is 1. The molecule has 0 aliphatic rings. The molecule has 2 rings (SSSR count). The Balaban J connectivity index is 2.08. The number of hydrogen-bond acceptors (Lipinski definition) is 3. The van der Waals surface area contributed by atoms with Gasteiger partial charge in [0.15, 0.2) is 0 Å². The zero-order chi connectivity index (χ0) is 13.0. The van der Waals surface area contributed by atoms with E-state index in [9.17, 15) is 9.18 Å². The average molecular weight is 246 g/mol. The van der Waals surface area contributed by atoms with Crippen molar-refractivity contribution in [1.29, 1.82) is 0 Å². The molecule has 1 aromatic heterocycles. The third-order valence-electron chi connectivity index (χ3n) is 2.09. The normalized spacial score (nSPS) is 9.89. The summed E-state index contributed by atoms with van der Waals surface area (Å²) in [6, 6.07) is 11.0. The smallest absolute Gasteiger partial charge is 0.221 e. The molecule has 1 heterocycles. The van der Waals surface area contributed by atoms with Crippen LogP contribution in [0.1, 0.15) is 6.92 Å². The Morgan fingerprint density at radius 3 is 2.56 bits per heavy atom. The van der Waals surface area contributed by atoms with E-state index in [2.05, 4.69) is 10.3 Å². The number of carbonyl (C=O) groups is 1. The van der Waals surface area contributed by atoms with Crippen molar-refractivity contribution in [2.45, 2.75) is 6.92 Å². The fourth-order valence-corrected chi connectivity index (χ4v) is 1.38. The van der Waals surface area contributed by atoms with Crippen LogP contribution < -0.4 is 10.1 Å². The number of anilines is 1. The van der Waals surface area contributed by atoms with Gasteiger partial charge in [-0.15, -0.1) is 0 Å². The molecule has 1 amide bonds. The van der Waals surface area contributed by atoms with Gasteiger partial charge in [-0.1, -0.05) is 6.07 Å². The van der Waals surface area contributed by atoms with Crippen LogP contribution in [0.25, 0.3) is 0 Å². The van der Waals surface area contributed by atoms with Crippen molar-refractivity contribution >= 4 is 11.6 Å². The lowest BCUT2D eigenvalue weighted by atomic mass is 10.3. The Hall–Kier alpha value is -2.43. The summed E-state index contributed by atoms with van der Waals surface area (Å²) in [5, 5.41) is 2.63. The first-order valence-electron chi connectivity index (χ1n) is 5.31. The third kappa shape index (κ3) is 3.28. The number of carbonyl (C=O) groups excluding carboxylic acids is 1. The Morgan fingerprint density at radius 1 is 1.22 bits per heavy atom. The molecule has 92 valence electrons. The first kappa shape index (κ1) is 12.0. The standard InChI is InChI=1S/C13H11FN2O2/c1-9(17)15-10-5-7-11(8-6-10)18-13-4-2-3-12(14)16-13/h2-8H,1H3,(H,15,17). The van der Waals surface area contributed by atoms with E-state index >= 15 is 0 Å². The molecule has 0 saturated heterocycles. The van der Waals surface area contributed by atoms with Crippen molar-refractivity contribution in [3.8, 4) is 11.6 Å². The van der Waals surface area contributed by atoms with E-state index in [0.29, 0.717) is 11.4 Å². The van der Waals surface area contributed by atoms with Gasteiger partial charge in [0.25, 0.3) is 0 Å². The van der Waals surface area contributed by atoms with Crippen molar-refractivity contribution < 1.29 is 13.9 Å². The molecule has 18 heavy (non-hydrogen) atoms. The second-order valence-electron chi connectivity index (χ2n) is 3.61. The van der Waals surface area contributed by atoms with E-state index in [-0.39, 0.29) is 11.8 Å². The van der Waals surface area contributed by atoms with Gasteiger partial charge in [0, 0.05) is 18.7 Å². The number of amides is 1. The van der Waals surface area contributed by atoms with Crippen molar-refractivity contribution in [3.63, 3.8) is 0 Å². The number of benzene rings is 1. The zero-order valence-electron chi connectivity index (χ0n) is 9.68. The predicted octanol–water partition coefficient (Wildman–Crippen LogP) is 2.97. The average Bonchev–Trinajstić information content (AvgIpc) is 2.31. The summed E-state index contributed by atoms with van der Waals surface area (Å²) in [6.07, 6.45) is 0. The molecule has 1 aromatic carbocycles. The maximum atomic E-state index is 12.8. The highest BCUT2D eigenvalue weighted by molar-refractivity contribution is 5.88. The maximum Gasteiger partial charge on any atom is 0.221 e. The molecule has 0 fully saturated rings.